The third-order valence-electron chi connectivity index (χ3n) is 5.29. The Morgan fingerprint density at radius 3 is 2.52 bits per heavy atom. The summed E-state index contributed by atoms with van der Waals surface area (Å²) in [5, 5.41) is 2.05. The van der Waals surface area contributed by atoms with E-state index >= 15 is 0 Å². The largest absolute Gasteiger partial charge is 0.496 e. The van der Waals surface area contributed by atoms with E-state index in [1.54, 1.807) is 18.4 Å². The standard InChI is InChI=1S/C22H28N2O4S/c1-27-20-8-4-3-6-18(20)14-23(15-19-7-5-13-29-19)16-21(25)24-11-9-17(10-12-24)22(26)28-2/h3-8,13,17H,9-12,14-16H2,1-2H3. The van der Waals surface area contributed by atoms with Crippen molar-refractivity contribution in [1.82, 2.24) is 9.80 Å². The maximum atomic E-state index is 13.0. The first kappa shape index (κ1) is 21.3. The van der Waals surface area contributed by atoms with Crippen LogP contribution in [0.3, 0.4) is 0 Å². The first-order valence-electron chi connectivity index (χ1n) is 9.83. The topological polar surface area (TPSA) is 59.1 Å². The molecule has 1 aromatic carbocycles. The van der Waals surface area contributed by atoms with Crippen LogP contribution in [0.15, 0.2) is 41.8 Å². The Bertz CT molecular complexity index is 801. The normalized spacial score (nSPS) is 14.8. The SMILES string of the molecule is COC(=O)C1CCN(C(=O)CN(Cc2cccs2)Cc2ccccc2OC)CC1. The number of ether oxygens (including phenoxy) is 2. The van der Waals surface area contributed by atoms with Crippen LogP contribution in [0.25, 0.3) is 0 Å². The van der Waals surface area contributed by atoms with Crippen molar-refractivity contribution in [2.45, 2.75) is 25.9 Å². The number of para-hydroxylation sites is 1. The Labute approximate surface area is 176 Å². The second-order valence-corrected chi connectivity index (χ2v) is 8.25. The van der Waals surface area contributed by atoms with Crippen molar-refractivity contribution in [3.8, 4) is 5.75 Å². The molecule has 0 unspecified atom stereocenters. The highest BCUT2D eigenvalue weighted by atomic mass is 32.1. The summed E-state index contributed by atoms with van der Waals surface area (Å²) in [5.41, 5.74) is 1.06. The number of piperidine rings is 1. The number of esters is 1. The third kappa shape index (κ3) is 5.81. The van der Waals surface area contributed by atoms with E-state index in [4.69, 9.17) is 9.47 Å². The summed E-state index contributed by atoms with van der Waals surface area (Å²) < 4.78 is 10.3. The van der Waals surface area contributed by atoms with Gasteiger partial charge in [0.25, 0.3) is 0 Å². The van der Waals surface area contributed by atoms with E-state index < -0.39 is 0 Å². The van der Waals surface area contributed by atoms with E-state index in [0.717, 1.165) is 11.3 Å². The quantitative estimate of drug-likeness (QED) is 0.619. The van der Waals surface area contributed by atoms with E-state index in [9.17, 15) is 9.59 Å². The highest BCUT2D eigenvalue weighted by molar-refractivity contribution is 7.09. The molecule has 29 heavy (non-hydrogen) atoms. The molecule has 0 saturated carbocycles. The van der Waals surface area contributed by atoms with Gasteiger partial charge < -0.3 is 14.4 Å². The molecule has 0 bridgehead atoms. The zero-order valence-electron chi connectivity index (χ0n) is 17.0. The van der Waals surface area contributed by atoms with Crippen molar-refractivity contribution < 1.29 is 19.1 Å². The van der Waals surface area contributed by atoms with Gasteiger partial charge in [0.1, 0.15) is 5.75 Å². The Morgan fingerprint density at radius 2 is 1.86 bits per heavy atom. The van der Waals surface area contributed by atoms with E-state index in [2.05, 4.69) is 16.3 Å². The van der Waals surface area contributed by atoms with Crippen LogP contribution in [0.5, 0.6) is 5.75 Å². The zero-order chi connectivity index (χ0) is 20.6. The summed E-state index contributed by atoms with van der Waals surface area (Å²) >= 11 is 1.69. The third-order valence-corrected chi connectivity index (χ3v) is 6.15. The number of rotatable bonds is 8. The van der Waals surface area contributed by atoms with Crippen LogP contribution in [0.1, 0.15) is 23.3 Å². The highest BCUT2D eigenvalue weighted by Crippen LogP contribution is 2.23. The number of methoxy groups -OCH3 is 2. The zero-order valence-corrected chi connectivity index (χ0v) is 17.8. The summed E-state index contributed by atoms with van der Waals surface area (Å²) in [7, 11) is 3.08. The average molecular weight is 417 g/mol. The van der Waals surface area contributed by atoms with Gasteiger partial charge in [0.15, 0.2) is 0 Å². The van der Waals surface area contributed by atoms with Crippen molar-refractivity contribution in [3.05, 3.63) is 52.2 Å². The number of benzene rings is 1. The lowest BCUT2D eigenvalue weighted by molar-refractivity contribution is -0.149. The molecule has 0 N–H and O–H groups in total. The Morgan fingerprint density at radius 1 is 1.10 bits per heavy atom. The smallest absolute Gasteiger partial charge is 0.308 e. The molecule has 7 heteroatoms. The van der Waals surface area contributed by atoms with Crippen molar-refractivity contribution in [1.29, 1.82) is 0 Å². The summed E-state index contributed by atoms with van der Waals surface area (Å²) in [5.74, 6) is 0.655. The van der Waals surface area contributed by atoms with Gasteiger partial charge in [0, 0.05) is 36.6 Å². The van der Waals surface area contributed by atoms with Gasteiger partial charge in [-0.1, -0.05) is 24.3 Å². The van der Waals surface area contributed by atoms with Crippen LogP contribution in [0, 0.1) is 5.92 Å². The molecule has 0 aliphatic carbocycles. The lowest BCUT2D eigenvalue weighted by atomic mass is 9.97. The van der Waals surface area contributed by atoms with E-state index in [-0.39, 0.29) is 17.8 Å². The fourth-order valence-corrected chi connectivity index (χ4v) is 4.43. The molecule has 1 amide bonds. The van der Waals surface area contributed by atoms with Gasteiger partial charge in [0.2, 0.25) is 5.91 Å². The van der Waals surface area contributed by atoms with Gasteiger partial charge in [-0.2, -0.15) is 0 Å². The number of thiophene rings is 1. The Kier molecular flexibility index (Phi) is 7.66. The van der Waals surface area contributed by atoms with Crippen LogP contribution < -0.4 is 4.74 Å². The first-order chi connectivity index (χ1) is 14.1. The van der Waals surface area contributed by atoms with Crippen LogP contribution >= 0.6 is 11.3 Å². The van der Waals surface area contributed by atoms with Gasteiger partial charge in [-0.05, 0) is 30.4 Å². The van der Waals surface area contributed by atoms with Gasteiger partial charge in [-0.15, -0.1) is 11.3 Å². The lowest BCUT2D eigenvalue weighted by Crippen LogP contribution is -2.45. The summed E-state index contributed by atoms with van der Waals surface area (Å²) in [6, 6.07) is 12.0. The van der Waals surface area contributed by atoms with Gasteiger partial charge in [0.05, 0.1) is 26.7 Å². The minimum absolute atomic E-state index is 0.0970. The average Bonchev–Trinajstić information content (AvgIpc) is 3.26. The van der Waals surface area contributed by atoms with Crippen LogP contribution in [0.2, 0.25) is 0 Å². The van der Waals surface area contributed by atoms with Crippen LogP contribution in [0.4, 0.5) is 0 Å². The van der Waals surface area contributed by atoms with Crippen molar-refractivity contribution in [2.24, 2.45) is 5.92 Å². The molecule has 2 aromatic rings. The molecule has 6 nitrogen and oxygen atoms in total. The first-order valence-corrected chi connectivity index (χ1v) is 10.7. The Hall–Kier alpha value is -2.38. The Balaban J connectivity index is 1.65. The number of nitrogens with zero attached hydrogens (tertiary/aromatic N) is 2. The predicted octanol–water partition coefficient (Wildman–Crippen LogP) is 3.17. The van der Waals surface area contributed by atoms with E-state index in [0.29, 0.717) is 45.6 Å². The molecule has 2 heterocycles. The molecule has 1 aromatic heterocycles. The second-order valence-electron chi connectivity index (χ2n) is 7.21. The number of amides is 1. The van der Waals surface area contributed by atoms with Crippen molar-refractivity contribution in [2.75, 3.05) is 33.9 Å². The fourth-order valence-electron chi connectivity index (χ4n) is 3.69. The fraction of sp³-hybridized carbons (Fsp3) is 0.455. The number of carbonyl (C=O) groups excluding carboxylic acids is 2. The number of likely N-dealkylation sites (tertiary alicyclic amines) is 1. The minimum Gasteiger partial charge on any atom is -0.496 e. The van der Waals surface area contributed by atoms with Crippen LogP contribution in [-0.4, -0.2) is 55.5 Å². The molecule has 1 fully saturated rings. The highest BCUT2D eigenvalue weighted by Gasteiger charge is 2.28. The molecule has 0 spiro atoms. The number of hydrogen-bond donors (Lipinski definition) is 0. The van der Waals surface area contributed by atoms with Crippen molar-refractivity contribution in [3.63, 3.8) is 0 Å². The van der Waals surface area contributed by atoms with Crippen LogP contribution in [-0.2, 0) is 27.4 Å². The molecule has 3 rings (SSSR count). The molecule has 0 radical (unpaired) electrons. The molecular weight excluding hydrogens is 388 g/mol. The molecule has 156 valence electrons. The molecule has 1 saturated heterocycles. The van der Waals surface area contributed by atoms with Gasteiger partial charge in [-0.25, -0.2) is 0 Å². The maximum Gasteiger partial charge on any atom is 0.308 e. The second kappa shape index (κ2) is 10.4. The predicted molar refractivity (Wildman–Crippen MR) is 113 cm³/mol. The number of carbonyl (C=O) groups is 2. The summed E-state index contributed by atoms with van der Waals surface area (Å²) in [4.78, 5) is 29.9. The van der Waals surface area contributed by atoms with E-state index in [1.165, 1.54) is 12.0 Å². The minimum atomic E-state index is -0.174. The lowest BCUT2D eigenvalue weighted by Gasteiger charge is -2.32. The van der Waals surface area contributed by atoms with Crippen molar-refractivity contribution >= 4 is 23.2 Å². The maximum absolute atomic E-state index is 13.0. The monoisotopic (exact) mass is 416 g/mol. The molecule has 1 aliphatic heterocycles. The van der Waals surface area contributed by atoms with Gasteiger partial charge >= 0.3 is 5.97 Å². The summed E-state index contributed by atoms with van der Waals surface area (Å²) in [6.07, 6.45) is 1.33. The molecular formula is C22H28N2O4S. The summed E-state index contributed by atoms with van der Waals surface area (Å²) in [6.45, 7) is 2.87. The van der Waals surface area contributed by atoms with E-state index in [1.807, 2.05) is 35.2 Å². The number of hydrogen-bond acceptors (Lipinski definition) is 6. The van der Waals surface area contributed by atoms with Gasteiger partial charge in [-0.3, -0.25) is 14.5 Å². The molecule has 0 atom stereocenters. The molecule has 1 aliphatic rings.